The average Bonchev–Trinajstić information content (AvgIpc) is 2.99. The monoisotopic (exact) mass is 422 g/mol. The summed E-state index contributed by atoms with van der Waals surface area (Å²) >= 11 is 1.88. The Morgan fingerprint density at radius 1 is 0.818 bits per heavy atom. The number of halogens is 1. The van der Waals surface area contributed by atoms with E-state index in [4.69, 9.17) is 10.7 Å². The van der Waals surface area contributed by atoms with Gasteiger partial charge in [0.1, 0.15) is 12.6 Å². The Balaban J connectivity index is 0.000000235. The van der Waals surface area contributed by atoms with Gasteiger partial charge in [-0.3, -0.25) is 0 Å². The van der Waals surface area contributed by atoms with Gasteiger partial charge in [-0.15, -0.1) is 22.7 Å². The standard InChI is InChI=1S/C5H5ClO4S3.C5H6O2S2/c1-12(7,8)4-2-3-5(11-4)13(6,9)10;1-9(6,7)5-3-2-4-8-5/h2-3H,1H3;2-4H,1H3. The van der Waals surface area contributed by atoms with E-state index in [1.165, 1.54) is 29.7 Å². The van der Waals surface area contributed by atoms with Crippen LogP contribution in [0.15, 0.2) is 42.3 Å². The van der Waals surface area contributed by atoms with Crippen molar-refractivity contribution in [3.63, 3.8) is 0 Å². The minimum atomic E-state index is -3.82. The second-order valence-corrected chi connectivity index (χ2v) is 13.3. The summed E-state index contributed by atoms with van der Waals surface area (Å²) in [6, 6.07) is 5.71. The highest BCUT2D eigenvalue weighted by atomic mass is 35.7. The minimum absolute atomic E-state index is 0.00766. The fourth-order valence-electron chi connectivity index (χ4n) is 1.11. The second-order valence-electron chi connectivity index (χ2n) is 3.99. The van der Waals surface area contributed by atoms with Crippen molar-refractivity contribution in [3.05, 3.63) is 29.6 Å². The first kappa shape index (κ1) is 19.6. The molecule has 12 heteroatoms. The highest BCUT2D eigenvalue weighted by Gasteiger charge is 2.17. The Bertz CT molecular complexity index is 889. The summed E-state index contributed by atoms with van der Waals surface area (Å²) < 4.78 is 65.1. The van der Waals surface area contributed by atoms with Gasteiger partial charge >= 0.3 is 0 Å². The van der Waals surface area contributed by atoms with Gasteiger partial charge in [0, 0.05) is 23.2 Å². The minimum Gasteiger partial charge on any atom is -0.223 e. The van der Waals surface area contributed by atoms with Crippen LogP contribution in [0.25, 0.3) is 0 Å². The first-order valence-electron chi connectivity index (χ1n) is 5.30. The molecule has 0 fully saturated rings. The largest absolute Gasteiger partial charge is 0.270 e. The molecule has 0 atom stereocenters. The number of rotatable bonds is 3. The lowest BCUT2D eigenvalue weighted by Crippen LogP contribution is -1.92. The van der Waals surface area contributed by atoms with Gasteiger partial charge < -0.3 is 0 Å². The van der Waals surface area contributed by atoms with Crippen LogP contribution < -0.4 is 0 Å². The normalized spacial score (nSPS) is 12.5. The summed E-state index contributed by atoms with van der Waals surface area (Å²) in [7, 11) is -5.09. The van der Waals surface area contributed by atoms with E-state index < -0.39 is 28.7 Å². The number of thiophene rings is 2. The molecule has 0 radical (unpaired) electrons. The smallest absolute Gasteiger partial charge is 0.223 e. The molecule has 0 aliphatic heterocycles. The topological polar surface area (TPSA) is 102 Å². The van der Waals surface area contributed by atoms with E-state index in [1.54, 1.807) is 17.5 Å². The third kappa shape index (κ3) is 5.97. The Kier molecular flexibility index (Phi) is 6.21. The maximum absolute atomic E-state index is 10.9. The molecule has 6 nitrogen and oxygen atoms in total. The quantitative estimate of drug-likeness (QED) is 0.702. The molecule has 0 aliphatic carbocycles. The molecule has 2 heterocycles. The van der Waals surface area contributed by atoms with Crippen molar-refractivity contribution in [2.75, 3.05) is 12.5 Å². The molecule has 124 valence electrons. The van der Waals surface area contributed by atoms with Crippen LogP contribution in [0.5, 0.6) is 0 Å². The Morgan fingerprint density at radius 3 is 1.55 bits per heavy atom. The third-order valence-electron chi connectivity index (χ3n) is 2.02. The molecule has 22 heavy (non-hydrogen) atoms. The highest BCUT2D eigenvalue weighted by Crippen LogP contribution is 2.27. The lowest BCUT2D eigenvalue weighted by Gasteiger charge is -1.88. The van der Waals surface area contributed by atoms with Gasteiger partial charge in [0.2, 0.25) is 0 Å². The summed E-state index contributed by atoms with van der Waals surface area (Å²) in [5.74, 6) is 0. The summed E-state index contributed by atoms with van der Waals surface area (Å²) in [6.07, 6.45) is 2.21. The molecule has 0 saturated carbocycles. The van der Waals surface area contributed by atoms with Crippen LogP contribution in [-0.2, 0) is 28.7 Å². The Labute approximate surface area is 141 Å². The van der Waals surface area contributed by atoms with E-state index in [-0.39, 0.29) is 8.42 Å². The number of hydrogen-bond donors (Lipinski definition) is 0. The van der Waals surface area contributed by atoms with E-state index in [1.807, 2.05) is 0 Å². The summed E-state index contributed by atoms with van der Waals surface area (Å²) in [5.41, 5.74) is 0. The van der Waals surface area contributed by atoms with Gasteiger partial charge in [0.15, 0.2) is 19.7 Å². The molecule has 2 aromatic rings. The van der Waals surface area contributed by atoms with Crippen LogP contribution in [0, 0.1) is 0 Å². The SMILES string of the molecule is CS(=O)(=O)c1ccc(S(=O)(=O)Cl)s1.CS(=O)(=O)c1cccs1. The van der Waals surface area contributed by atoms with Crippen molar-refractivity contribution in [2.24, 2.45) is 0 Å². The lowest BCUT2D eigenvalue weighted by atomic mass is 10.7. The molecule has 0 saturated heterocycles. The predicted molar refractivity (Wildman–Crippen MR) is 87.9 cm³/mol. The molecule has 0 amide bonds. The third-order valence-corrected chi connectivity index (χ3v) is 9.75. The fraction of sp³-hybridized carbons (Fsp3) is 0.200. The van der Waals surface area contributed by atoms with Crippen molar-refractivity contribution in [1.29, 1.82) is 0 Å². The van der Waals surface area contributed by atoms with Crippen molar-refractivity contribution < 1.29 is 25.3 Å². The van der Waals surface area contributed by atoms with Crippen LogP contribution in [0.3, 0.4) is 0 Å². The molecule has 2 aromatic heterocycles. The van der Waals surface area contributed by atoms with Gasteiger partial charge in [-0.05, 0) is 23.6 Å². The maximum atomic E-state index is 10.9. The predicted octanol–water partition coefficient (Wildman–Crippen LogP) is 2.23. The Hall–Kier alpha value is -0.460. The molecule has 0 unspecified atom stereocenters. The molecule has 0 aliphatic rings. The first-order valence-corrected chi connectivity index (χ1v) is 13.1. The highest BCUT2D eigenvalue weighted by molar-refractivity contribution is 8.15. The lowest BCUT2D eigenvalue weighted by molar-refractivity contribution is 0.602. The number of sulfone groups is 2. The van der Waals surface area contributed by atoms with Gasteiger partial charge in [-0.2, -0.15) is 0 Å². The van der Waals surface area contributed by atoms with Crippen molar-refractivity contribution in [1.82, 2.24) is 0 Å². The molecule has 0 bridgehead atoms. The zero-order valence-electron chi connectivity index (χ0n) is 11.3. The van der Waals surface area contributed by atoms with E-state index in [0.29, 0.717) is 15.5 Å². The maximum Gasteiger partial charge on any atom is 0.270 e. The molecule has 0 aromatic carbocycles. The summed E-state index contributed by atoms with van der Waals surface area (Å²) in [4.78, 5) is 0. The van der Waals surface area contributed by atoms with E-state index >= 15 is 0 Å². The van der Waals surface area contributed by atoms with Gasteiger partial charge in [0.25, 0.3) is 9.05 Å². The summed E-state index contributed by atoms with van der Waals surface area (Å²) in [5, 5.41) is 1.75. The zero-order chi connectivity index (χ0) is 17.2. The van der Waals surface area contributed by atoms with Gasteiger partial charge in [-0.1, -0.05) is 6.07 Å². The molecule has 2 rings (SSSR count). The van der Waals surface area contributed by atoms with E-state index in [2.05, 4.69) is 0 Å². The van der Waals surface area contributed by atoms with Crippen LogP contribution in [0.4, 0.5) is 0 Å². The van der Waals surface area contributed by atoms with Crippen molar-refractivity contribution >= 4 is 62.1 Å². The molecule has 0 N–H and O–H groups in total. The van der Waals surface area contributed by atoms with Crippen LogP contribution in [0.1, 0.15) is 0 Å². The average molecular weight is 423 g/mol. The molecular formula is C10H11ClO6S5. The zero-order valence-corrected chi connectivity index (χ0v) is 16.1. The summed E-state index contributed by atoms with van der Waals surface area (Å²) in [6.45, 7) is 0. The Morgan fingerprint density at radius 2 is 1.32 bits per heavy atom. The van der Waals surface area contributed by atoms with E-state index in [0.717, 1.165) is 6.26 Å². The number of hydrogen-bond acceptors (Lipinski definition) is 8. The van der Waals surface area contributed by atoms with Crippen molar-refractivity contribution in [3.8, 4) is 0 Å². The first-order chi connectivity index (χ1) is 9.82. The van der Waals surface area contributed by atoms with Crippen molar-refractivity contribution in [2.45, 2.75) is 12.6 Å². The van der Waals surface area contributed by atoms with Crippen LogP contribution in [-0.4, -0.2) is 37.8 Å². The van der Waals surface area contributed by atoms with E-state index in [9.17, 15) is 25.3 Å². The van der Waals surface area contributed by atoms with Gasteiger partial charge in [0.05, 0.1) is 0 Å². The molecular weight excluding hydrogens is 412 g/mol. The fourth-order valence-corrected chi connectivity index (χ4v) is 5.90. The van der Waals surface area contributed by atoms with Crippen LogP contribution in [0.2, 0.25) is 0 Å². The van der Waals surface area contributed by atoms with Crippen LogP contribution >= 0.6 is 33.4 Å². The second kappa shape index (κ2) is 6.97. The molecule has 0 spiro atoms. The van der Waals surface area contributed by atoms with Gasteiger partial charge in [-0.25, -0.2) is 25.3 Å².